The summed E-state index contributed by atoms with van der Waals surface area (Å²) >= 11 is 0. The van der Waals surface area contributed by atoms with Crippen LogP contribution < -0.4 is 5.32 Å². The van der Waals surface area contributed by atoms with Gasteiger partial charge in [0.05, 0.1) is 6.54 Å². The number of carbonyl (C=O) groups is 2. The first kappa shape index (κ1) is 18.2. The SMILES string of the molecule is CCc1nccn1CC1CCN(C(=O)CNC(=O)c2ccccc2)CC1. The van der Waals surface area contributed by atoms with Crippen LogP contribution in [-0.2, 0) is 17.8 Å². The first-order chi connectivity index (χ1) is 12.7. The Kier molecular flexibility index (Phi) is 6.04. The third kappa shape index (κ3) is 4.50. The summed E-state index contributed by atoms with van der Waals surface area (Å²) in [5, 5.41) is 2.72. The highest BCUT2D eigenvalue weighted by molar-refractivity contribution is 5.96. The predicted molar refractivity (Wildman–Crippen MR) is 99.7 cm³/mol. The van der Waals surface area contributed by atoms with E-state index in [0.29, 0.717) is 11.5 Å². The second-order valence-electron chi connectivity index (χ2n) is 6.72. The highest BCUT2D eigenvalue weighted by Gasteiger charge is 2.23. The molecule has 0 bridgehead atoms. The summed E-state index contributed by atoms with van der Waals surface area (Å²) < 4.78 is 2.22. The number of aromatic nitrogens is 2. The highest BCUT2D eigenvalue weighted by atomic mass is 16.2. The first-order valence-electron chi connectivity index (χ1n) is 9.28. The van der Waals surface area contributed by atoms with E-state index in [2.05, 4.69) is 21.8 Å². The largest absolute Gasteiger partial charge is 0.343 e. The first-order valence-corrected chi connectivity index (χ1v) is 9.28. The fourth-order valence-corrected chi connectivity index (χ4v) is 3.42. The zero-order chi connectivity index (χ0) is 18.4. The van der Waals surface area contributed by atoms with Gasteiger partial charge in [0.1, 0.15) is 5.82 Å². The molecular formula is C20H26N4O2. The van der Waals surface area contributed by atoms with Crippen LogP contribution in [0.2, 0.25) is 0 Å². The summed E-state index contributed by atoms with van der Waals surface area (Å²) in [6.07, 6.45) is 6.80. The average molecular weight is 354 g/mol. The monoisotopic (exact) mass is 354 g/mol. The van der Waals surface area contributed by atoms with Crippen LogP contribution in [-0.4, -0.2) is 45.9 Å². The normalized spacial score (nSPS) is 15.0. The van der Waals surface area contributed by atoms with Crippen LogP contribution in [0.5, 0.6) is 0 Å². The molecule has 1 fully saturated rings. The molecule has 6 nitrogen and oxygen atoms in total. The Morgan fingerprint density at radius 1 is 1.19 bits per heavy atom. The number of aryl methyl sites for hydroxylation is 1. The number of nitrogens with zero attached hydrogens (tertiary/aromatic N) is 3. The van der Waals surface area contributed by atoms with Gasteiger partial charge in [0, 0.05) is 44.0 Å². The number of nitrogens with one attached hydrogen (secondary N) is 1. The van der Waals surface area contributed by atoms with Crippen molar-refractivity contribution < 1.29 is 9.59 Å². The van der Waals surface area contributed by atoms with Gasteiger partial charge in [-0.05, 0) is 30.9 Å². The number of piperidine rings is 1. The molecular weight excluding hydrogens is 328 g/mol. The smallest absolute Gasteiger partial charge is 0.251 e. The van der Waals surface area contributed by atoms with Crippen molar-refractivity contribution in [3.8, 4) is 0 Å². The van der Waals surface area contributed by atoms with Gasteiger partial charge in [-0.2, -0.15) is 0 Å². The van der Waals surface area contributed by atoms with E-state index in [1.54, 1.807) is 12.1 Å². The van der Waals surface area contributed by atoms with Crippen molar-refractivity contribution >= 4 is 11.8 Å². The Morgan fingerprint density at radius 3 is 2.62 bits per heavy atom. The molecule has 138 valence electrons. The molecule has 2 aromatic rings. The number of amides is 2. The van der Waals surface area contributed by atoms with Gasteiger partial charge in [0.25, 0.3) is 5.91 Å². The molecule has 0 saturated carbocycles. The predicted octanol–water partition coefficient (Wildman–Crippen LogP) is 2.11. The zero-order valence-electron chi connectivity index (χ0n) is 15.2. The third-order valence-electron chi connectivity index (χ3n) is 4.98. The van der Waals surface area contributed by atoms with Gasteiger partial charge in [-0.15, -0.1) is 0 Å². The summed E-state index contributed by atoms with van der Waals surface area (Å²) in [4.78, 5) is 30.6. The Balaban J connectivity index is 1.43. The number of imidazole rings is 1. The second kappa shape index (κ2) is 8.65. The highest BCUT2D eigenvalue weighted by Crippen LogP contribution is 2.20. The van der Waals surface area contributed by atoms with Gasteiger partial charge in [-0.3, -0.25) is 9.59 Å². The molecule has 1 saturated heterocycles. The van der Waals surface area contributed by atoms with E-state index in [9.17, 15) is 9.59 Å². The molecule has 1 aromatic heterocycles. The molecule has 0 atom stereocenters. The maximum absolute atomic E-state index is 12.4. The third-order valence-corrected chi connectivity index (χ3v) is 4.98. The molecule has 0 unspecified atom stereocenters. The van der Waals surface area contributed by atoms with Gasteiger partial charge >= 0.3 is 0 Å². The standard InChI is InChI=1S/C20H26N4O2/c1-2-18-21-10-13-24(18)15-16-8-11-23(12-9-16)19(25)14-22-20(26)17-6-4-3-5-7-17/h3-7,10,13,16H,2,8-9,11-12,14-15H2,1H3,(H,22,26). The van der Waals surface area contributed by atoms with Crippen molar-refractivity contribution in [1.82, 2.24) is 19.8 Å². The van der Waals surface area contributed by atoms with E-state index in [-0.39, 0.29) is 18.4 Å². The molecule has 0 spiro atoms. The molecule has 0 radical (unpaired) electrons. The molecule has 2 amide bonds. The fourth-order valence-electron chi connectivity index (χ4n) is 3.42. The number of benzene rings is 1. The Bertz CT molecular complexity index is 733. The molecule has 26 heavy (non-hydrogen) atoms. The lowest BCUT2D eigenvalue weighted by Gasteiger charge is -2.32. The maximum atomic E-state index is 12.4. The Labute approximate surface area is 154 Å². The van der Waals surface area contributed by atoms with Crippen LogP contribution in [0.3, 0.4) is 0 Å². The van der Waals surface area contributed by atoms with Crippen LogP contribution in [0.25, 0.3) is 0 Å². The molecule has 0 aliphatic carbocycles. The van der Waals surface area contributed by atoms with Gasteiger partial charge in [-0.25, -0.2) is 4.98 Å². The quantitative estimate of drug-likeness (QED) is 0.864. The van der Waals surface area contributed by atoms with Crippen LogP contribution >= 0.6 is 0 Å². The van der Waals surface area contributed by atoms with E-state index >= 15 is 0 Å². The second-order valence-corrected chi connectivity index (χ2v) is 6.72. The molecule has 1 aromatic carbocycles. The maximum Gasteiger partial charge on any atom is 0.251 e. The summed E-state index contributed by atoms with van der Waals surface area (Å²) in [6, 6.07) is 8.97. The minimum Gasteiger partial charge on any atom is -0.343 e. The number of hydrogen-bond acceptors (Lipinski definition) is 3. The lowest BCUT2D eigenvalue weighted by atomic mass is 9.96. The van der Waals surface area contributed by atoms with Crippen molar-refractivity contribution in [1.29, 1.82) is 0 Å². The van der Waals surface area contributed by atoms with Gasteiger partial charge in [0.2, 0.25) is 5.91 Å². The minimum atomic E-state index is -0.207. The van der Waals surface area contributed by atoms with Crippen LogP contribution in [0, 0.1) is 5.92 Å². The number of carbonyl (C=O) groups excluding carboxylic acids is 2. The molecule has 1 aliphatic rings. The number of likely N-dealkylation sites (tertiary alicyclic amines) is 1. The molecule has 6 heteroatoms. The van der Waals surface area contributed by atoms with Crippen LogP contribution in [0.1, 0.15) is 35.9 Å². The van der Waals surface area contributed by atoms with Crippen molar-refractivity contribution in [2.75, 3.05) is 19.6 Å². The minimum absolute atomic E-state index is 0.00962. The Morgan fingerprint density at radius 2 is 1.92 bits per heavy atom. The summed E-state index contributed by atoms with van der Waals surface area (Å²) in [5.74, 6) is 1.47. The number of hydrogen-bond donors (Lipinski definition) is 1. The summed E-state index contributed by atoms with van der Waals surface area (Å²) in [6.45, 7) is 4.64. The van der Waals surface area contributed by atoms with Crippen molar-refractivity contribution in [3.05, 3.63) is 54.1 Å². The van der Waals surface area contributed by atoms with E-state index < -0.39 is 0 Å². The zero-order valence-corrected chi connectivity index (χ0v) is 15.2. The van der Waals surface area contributed by atoms with Crippen LogP contribution in [0.4, 0.5) is 0 Å². The van der Waals surface area contributed by atoms with Crippen molar-refractivity contribution in [3.63, 3.8) is 0 Å². The molecule has 1 N–H and O–H groups in total. The Hall–Kier alpha value is -2.63. The van der Waals surface area contributed by atoms with Gasteiger partial charge in [0.15, 0.2) is 0 Å². The number of rotatable bonds is 6. The summed E-state index contributed by atoms with van der Waals surface area (Å²) in [7, 11) is 0. The van der Waals surface area contributed by atoms with Crippen molar-refractivity contribution in [2.24, 2.45) is 5.92 Å². The molecule has 1 aliphatic heterocycles. The van der Waals surface area contributed by atoms with Crippen LogP contribution in [0.15, 0.2) is 42.7 Å². The fraction of sp³-hybridized carbons (Fsp3) is 0.450. The van der Waals surface area contributed by atoms with Gasteiger partial charge < -0.3 is 14.8 Å². The van der Waals surface area contributed by atoms with E-state index in [1.165, 1.54) is 0 Å². The average Bonchev–Trinajstić information content (AvgIpc) is 3.14. The molecule has 3 rings (SSSR count). The van der Waals surface area contributed by atoms with Gasteiger partial charge in [-0.1, -0.05) is 25.1 Å². The van der Waals surface area contributed by atoms with E-state index in [0.717, 1.165) is 44.7 Å². The summed E-state index contributed by atoms with van der Waals surface area (Å²) in [5.41, 5.74) is 0.575. The lowest BCUT2D eigenvalue weighted by Crippen LogP contribution is -2.44. The molecule has 2 heterocycles. The lowest BCUT2D eigenvalue weighted by molar-refractivity contribution is -0.131. The van der Waals surface area contributed by atoms with Crippen molar-refractivity contribution in [2.45, 2.75) is 32.7 Å². The van der Waals surface area contributed by atoms with E-state index in [1.807, 2.05) is 35.5 Å². The van der Waals surface area contributed by atoms with E-state index in [4.69, 9.17) is 0 Å². The topological polar surface area (TPSA) is 67.2 Å².